The van der Waals surface area contributed by atoms with Crippen molar-refractivity contribution in [3.05, 3.63) is 28.6 Å². The van der Waals surface area contributed by atoms with Crippen LogP contribution < -0.4 is 10.6 Å². The van der Waals surface area contributed by atoms with Crippen molar-refractivity contribution in [3.8, 4) is 0 Å². The number of amides is 1. The van der Waals surface area contributed by atoms with Gasteiger partial charge in [0.05, 0.1) is 6.04 Å². The number of aromatic amines is 1. The Morgan fingerprint density at radius 1 is 1.46 bits per heavy atom. The number of fused-ring (bicyclic) bond motifs is 2. The van der Waals surface area contributed by atoms with E-state index >= 15 is 0 Å². The van der Waals surface area contributed by atoms with E-state index < -0.39 is 0 Å². The molecule has 8 nitrogen and oxygen atoms in total. The Morgan fingerprint density at radius 3 is 3.17 bits per heavy atom. The summed E-state index contributed by atoms with van der Waals surface area (Å²) in [5, 5.41) is 18.1. The molecular weight excluding hydrogens is 330 g/mol. The van der Waals surface area contributed by atoms with Crippen LogP contribution in [0.5, 0.6) is 0 Å². The summed E-state index contributed by atoms with van der Waals surface area (Å²) in [6.07, 6.45) is 3.57. The van der Waals surface area contributed by atoms with Gasteiger partial charge in [0.15, 0.2) is 11.5 Å². The van der Waals surface area contributed by atoms with Gasteiger partial charge < -0.3 is 10.6 Å². The fourth-order valence-electron chi connectivity index (χ4n) is 3.33. The van der Waals surface area contributed by atoms with E-state index in [9.17, 15) is 4.79 Å². The van der Waals surface area contributed by atoms with Crippen LogP contribution in [0.1, 0.15) is 59.2 Å². The highest BCUT2D eigenvalue weighted by molar-refractivity contribution is 5.94. The molecule has 2 aromatic heterocycles. The Labute approximate surface area is 146 Å². The first-order chi connectivity index (χ1) is 11.3. The van der Waals surface area contributed by atoms with Gasteiger partial charge in [-0.3, -0.25) is 9.89 Å². The van der Waals surface area contributed by atoms with Crippen molar-refractivity contribution in [2.75, 3.05) is 6.54 Å². The number of hydrogen-bond acceptors (Lipinski definition) is 5. The van der Waals surface area contributed by atoms with Crippen molar-refractivity contribution in [2.24, 2.45) is 0 Å². The number of rotatable bonds is 3. The molecule has 2 aliphatic rings. The van der Waals surface area contributed by atoms with Crippen LogP contribution in [0.4, 0.5) is 0 Å². The minimum atomic E-state index is -0.134. The monoisotopic (exact) mass is 351 g/mol. The average Bonchev–Trinajstić information content (AvgIpc) is 3.19. The minimum absolute atomic E-state index is 0. The average molecular weight is 352 g/mol. The fraction of sp³-hybridized carbons (Fsp3) is 0.600. The number of aromatic nitrogens is 5. The van der Waals surface area contributed by atoms with Gasteiger partial charge in [-0.25, -0.2) is 9.67 Å². The molecule has 0 bridgehead atoms. The van der Waals surface area contributed by atoms with Crippen molar-refractivity contribution in [2.45, 2.75) is 51.7 Å². The number of nitrogens with zero attached hydrogens (tertiary/aromatic N) is 4. The SMILES string of the molecule is CCc1nc2n(n1)CCCC2NC(=O)c1n[nH]c2c1CNCC2.Cl. The van der Waals surface area contributed by atoms with Crippen molar-refractivity contribution >= 4 is 18.3 Å². The summed E-state index contributed by atoms with van der Waals surface area (Å²) in [5.41, 5.74) is 2.55. The van der Waals surface area contributed by atoms with Gasteiger partial charge >= 0.3 is 0 Å². The molecule has 2 aromatic rings. The van der Waals surface area contributed by atoms with Gasteiger partial charge in [-0.1, -0.05) is 6.92 Å². The third-order valence-electron chi connectivity index (χ3n) is 4.56. The number of carbonyl (C=O) groups is 1. The summed E-state index contributed by atoms with van der Waals surface area (Å²) >= 11 is 0. The van der Waals surface area contributed by atoms with E-state index in [4.69, 9.17) is 0 Å². The molecule has 0 radical (unpaired) electrons. The van der Waals surface area contributed by atoms with E-state index in [1.165, 1.54) is 0 Å². The highest BCUT2D eigenvalue weighted by Crippen LogP contribution is 2.24. The second-order valence-electron chi connectivity index (χ2n) is 6.09. The fourth-order valence-corrected chi connectivity index (χ4v) is 3.33. The van der Waals surface area contributed by atoms with Gasteiger partial charge in [-0.2, -0.15) is 10.2 Å². The van der Waals surface area contributed by atoms with E-state index in [0.717, 1.165) is 61.7 Å². The third kappa shape index (κ3) is 2.91. The quantitative estimate of drug-likeness (QED) is 0.762. The molecule has 130 valence electrons. The van der Waals surface area contributed by atoms with Crippen molar-refractivity contribution in [1.82, 2.24) is 35.6 Å². The topological polar surface area (TPSA) is 101 Å². The van der Waals surface area contributed by atoms with Crippen LogP contribution >= 0.6 is 12.4 Å². The van der Waals surface area contributed by atoms with Crippen LogP contribution in [0, 0.1) is 0 Å². The van der Waals surface area contributed by atoms with Crippen molar-refractivity contribution in [3.63, 3.8) is 0 Å². The van der Waals surface area contributed by atoms with E-state index in [1.54, 1.807) is 0 Å². The predicted molar refractivity (Wildman–Crippen MR) is 90.1 cm³/mol. The number of aryl methyl sites for hydroxylation is 2. The highest BCUT2D eigenvalue weighted by Gasteiger charge is 2.28. The maximum absolute atomic E-state index is 12.7. The molecular formula is C15H22ClN7O. The standard InChI is InChI=1S/C15H21N7O.ClH/c1-2-12-18-14-11(4-3-7-22(14)21-12)17-15(23)13-9-8-16-6-5-10(9)19-20-13;/h11,16H,2-8H2,1H3,(H,17,23)(H,19,20);1H. The van der Waals surface area contributed by atoms with Crippen molar-refractivity contribution < 1.29 is 4.79 Å². The van der Waals surface area contributed by atoms with E-state index in [1.807, 2.05) is 11.6 Å². The first-order valence-corrected chi connectivity index (χ1v) is 8.27. The Kier molecular flexibility index (Phi) is 4.86. The second-order valence-corrected chi connectivity index (χ2v) is 6.09. The summed E-state index contributed by atoms with van der Waals surface area (Å²) < 4.78 is 1.93. The van der Waals surface area contributed by atoms with Gasteiger partial charge in [0.2, 0.25) is 0 Å². The lowest BCUT2D eigenvalue weighted by molar-refractivity contribution is 0.0921. The molecule has 4 heterocycles. The zero-order chi connectivity index (χ0) is 15.8. The van der Waals surface area contributed by atoms with Crippen LogP contribution in [0.3, 0.4) is 0 Å². The number of nitrogens with one attached hydrogen (secondary N) is 3. The van der Waals surface area contributed by atoms with Crippen LogP contribution in [0.25, 0.3) is 0 Å². The Balaban J connectivity index is 0.00000169. The second kappa shape index (κ2) is 6.90. The molecule has 24 heavy (non-hydrogen) atoms. The summed E-state index contributed by atoms with van der Waals surface area (Å²) in [7, 11) is 0. The molecule has 2 aliphatic heterocycles. The van der Waals surface area contributed by atoms with Gasteiger partial charge in [0, 0.05) is 43.7 Å². The number of H-pyrrole nitrogens is 1. The van der Waals surface area contributed by atoms with Crippen LogP contribution in [0.15, 0.2) is 0 Å². The molecule has 1 amide bonds. The summed E-state index contributed by atoms with van der Waals surface area (Å²) in [5.74, 6) is 1.57. The lowest BCUT2D eigenvalue weighted by Gasteiger charge is -2.23. The number of halogens is 1. The minimum Gasteiger partial charge on any atom is -0.341 e. The van der Waals surface area contributed by atoms with E-state index in [-0.39, 0.29) is 24.4 Å². The molecule has 0 fully saturated rings. The Morgan fingerprint density at radius 2 is 2.33 bits per heavy atom. The first kappa shape index (κ1) is 16.9. The Bertz CT molecular complexity index is 738. The largest absolute Gasteiger partial charge is 0.341 e. The third-order valence-corrected chi connectivity index (χ3v) is 4.56. The number of hydrogen-bond donors (Lipinski definition) is 3. The summed E-state index contributed by atoms with van der Waals surface area (Å²) in [6.45, 7) is 4.52. The molecule has 0 aliphatic carbocycles. The molecule has 0 aromatic carbocycles. The predicted octanol–water partition coefficient (Wildman–Crippen LogP) is 0.896. The lowest BCUT2D eigenvalue weighted by atomic mass is 10.0. The van der Waals surface area contributed by atoms with Crippen molar-refractivity contribution in [1.29, 1.82) is 0 Å². The normalized spacial score (nSPS) is 19.1. The van der Waals surface area contributed by atoms with Crippen LogP contribution in [-0.2, 0) is 25.9 Å². The smallest absolute Gasteiger partial charge is 0.272 e. The highest BCUT2D eigenvalue weighted by atomic mass is 35.5. The molecule has 4 rings (SSSR count). The van der Waals surface area contributed by atoms with E-state index in [0.29, 0.717) is 12.2 Å². The summed E-state index contributed by atoms with van der Waals surface area (Å²) in [6, 6.07) is -0.0899. The molecule has 0 saturated carbocycles. The maximum Gasteiger partial charge on any atom is 0.272 e. The van der Waals surface area contributed by atoms with Crippen LogP contribution in [-0.4, -0.2) is 37.4 Å². The van der Waals surface area contributed by atoms with E-state index in [2.05, 4.69) is 30.9 Å². The zero-order valence-electron chi connectivity index (χ0n) is 13.6. The molecule has 3 N–H and O–H groups in total. The molecule has 0 saturated heterocycles. The maximum atomic E-state index is 12.7. The van der Waals surface area contributed by atoms with Gasteiger partial charge in [-0.15, -0.1) is 12.4 Å². The van der Waals surface area contributed by atoms with Gasteiger partial charge in [0.1, 0.15) is 5.82 Å². The lowest BCUT2D eigenvalue weighted by Crippen LogP contribution is -2.34. The first-order valence-electron chi connectivity index (χ1n) is 8.27. The molecule has 9 heteroatoms. The zero-order valence-corrected chi connectivity index (χ0v) is 14.4. The van der Waals surface area contributed by atoms with Gasteiger partial charge in [0.25, 0.3) is 5.91 Å². The van der Waals surface area contributed by atoms with Gasteiger partial charge in [-0.05, 0) is 12.8 Å². The number of carbonyl (C=O) groups excluding carboxylic acids is 1. The Hall–Kier alpha value is -1.93. The van der Waals surface area contributed by atoms with Crippen LogP contribution in [0.2, 0.25) is 0 Å². The molecule has 0 spiro atoms. The molecule has 1 atom stereocenters. The molecule has 1 unspecified atom stereocenters. The summed E-state index contributed by atoms with van der Waals surface area (Å²) in [4.78, 5) is 17.2.